The van der Waals surface area contributed by atoms with E-state index >= 15 is 0 Å². The second kappa shape index (κ2) is 8.08. The van der Waals surface area contributed by atoms with Crippen molar-refractivity contribution in [1.82, 2.24) is 0 Å². The van der Waals surface area contributed by atoms with E-state index in [2.05, 4.69) is 4.74 Å². The molecule has 0 aliphatic carbocycles. The lowest BCUT2D eigenvalue weighted by molar-refractivity contribution is -0.274. The van der Waals surface area contributed by atoms with E-state index in [0.29, 0.717) is 30.0 Å². The van der Waals surface area contributed by atoms with Gasteiger partial charge in [0.15, 0.2) is 0 Å². The molecule has 0 saturated carbocycles. The summed E-state index contributed by atoms with van der Waals surface area (Å²) in [4.78, 5) is 0. The number of ether oxygens (including phenoxy) is 2. The molecule has 0 spiro atoms. The van der Waals surface area contributed by atoms with Crippen molar-refractivity contribution in [3.05, 3.63) is 48.0 Å². The second-order valence-corrected chi connectivity index (χ2v) is 4.66. The first kappa shape index (κ1) is 19.1. The highest BCUT2D eigenvalue weighted by Gasteiger charge is 2.32. The minimum atomic E-state index is -4.73. The molecule has 0 atom stereocenters. The normalized spacial score (nSPS) is 10.8. The first-order chi connectivity index (χ1) is 10.4. The van der Waals surface area contributed by atoms with Gasteiger partial charge in [0.25, 0.3) is 0 Å². The Morgan fingerprint density at radius 1 is 1.04 bits per heavy atom. The van der Waals surface area contributed by atoms with Gasteiger partial charge in [0, 0.05) is 12.1 Å². The van der Waals surface area contributed by atoms with Gasteiger partial charge in [-0.1, -0.05) is 24.3 Å². The van der Waals surface area contributed by atoms with E-state index in [4.69, 9.17) is 10.5 Å². The topological polar surface area (TPSA) is 44.5 Å². The summed E-state index contributed by atoms with van der Waals surface area (Å²) in [5.74, 6) is 0.398. The molecule has 0 saturated heterocycles. The van der Waals surface area contributed by atoms with Gasteiger partial charge in [0.2, 0.25) is 0 Å². The minimum absolute atomic E-state index is 0. The van der Waals surface area contributed by atoms with Gasteiger partial charge in [-0.2, -0.15) is 0 Å². The van der Waals surface area contributed by atoms with Crippen LogP contribution in [0.1, 0.15) is 5.56 Å². The fourth-order valence-electron chi connectivity index (χ4n) is 2.11. The molecule has 0 aromatic heterocycles. The van der Waals surface area contributed by atoms with Crippen LogP contribution in [0.15, 0.2) is 42.5 Å². The number of rotatable bonds is 5. The summed E-state index contributed by atoms with van der Waals surface area (Å²) < 4.78 is 47.0. The van der Waals surface area contributed by atoms with Crippen molar-refractivity contribution in [2.24, 2.45) is 5.73 Å². The van der Waals surface area contributed by atoms with Crippen molar-refractivity contribution in [2.75, 3.05) is 13.2 Å². The van der Waals surface area contributed by atoms with Crippen LogP contribution in [-0.4, -0.2) is 19.5 Å². The van der Waals surface area contributed by atoms with Gasteiger partial charge in [-0.15, -0.1) is 25.6 Å². The molecule has 0 radical (unpaired) electrons. The lowest BCUT2D eigenvalue weighted by Gasteiger charge is -2.15. The molecule has 23 heavy (non-hydrogen) atoms. The number of hydrogen-bond acceptors (Lipinski definition) is 3. The van der Waals surface area contributed by atoms with E-state index in [1.165, 1.54) is 12.1 Å². The Bertz CT molecular complexity index is 647. The highest BCUT2D eigenvalue weighted by atomic mass is 35.5. The largest absolute Gasteiger partial charge is 0.573 e. The highest BCUT2D eigenvalue weighted by molar-refractivity contribution is 5.85. The van der Waals surface area contributed by atoms with Gasteiger partial charge in [-0.3, -0.25) is 0 Å². The standard InChI is InChI=1S/C16H16F3NO2.ClH/c1-11-10-12(21-9-8-20)6-7-13(11)14-4-2-3-5-15(14)22-16(17,18)19;/h2-7,10H,8-9,20H2,1H3;1H. The maximum absolute atomic E-state index is 12.5. The maximum atomic E-state index is 12.5. The highest BCUT2D eigenvalue weighted by Crippen LogP contribution is 2.36. The zero-order valence-electron chi connectivity index (χ0n) is 12.4. The Hall–Kier alpha value is -1.92. The number of nitrogens with two attached hydrogens (primary N) is 1. The monoisotopic (exact) mass is 347 g/mol. The SMILES string of the molecule is Cc1cc(OCCN)ccc1-c1ccccc1OC(F)(F)F.Cl. The fraction of sp³-hybridized carbons (Fsp3) is 0.250. The number of para-hydroxylation sites is 1. The number of aryl methyl sites for hydroxylation is 1. The molecule has 126 valence electrons. The molecular weight excluding hydrogens is 331 g/mol. The summed E-state index contributed by atoms with van der Waals surface area (Å²) in [6, 6.07) is 11.2. The number of alkyl halides is 3. The summed E-state index contributed by atoms with van der Waals surface area (Å²) in [5.41, 5.74) is 7.18. The third-order valence-electron chi connectivity index (χ3n) is 2.99. The molecule has 0 aliphatic heterocycles. The van der Waals surface area contributed by atoms with Crippen molar-refractivity contribution >= 4 is 12.4 Å². The van der Waals surface area contributed by atoms with E-state index in [0.717, 1.165) is 5.56 Å². The molecule has 0 aliphatic rings. The van der Waals surface area contributed by atoms with Gasteiger partial charge in [0.05, 0.1) is 0 Å². The van der Waals surface area contributed by atoms with Gasteiger partial charge < -0.3 is 15.2 Å². The van der Waals surface area contributed by atoms with E-state index in [1.807, 2.05) is 0 Å². The smallest absolute Gasteiger partial charge is 0.492 e. The predicted molar refractivity (Wildman–Crippen MR) is 85.1 cm³/mol. The molecule has 0 amide bonds. The summed E-state index contributed by atoms with van der Waals surface area (Å²) in [5, 5.41) is 0. The van der Waals surface area contributed by atoms with Crippen LogP contribution in [0.3, 0.4) is 0 Å². The van der Waals surface area contributed by atoms with Crippen molar-refractivity contribution in [2.45, 2.75) is 13.3 Å². The lowest BCUT2D eigenvalue weighted by atomic mass is 9.99. The molecule has 0 fully saturated rings. The Labute approximate surface area is 138 Å². The molecule has 7 heteroatoms. The zero-order valence-corrected chi connectivity index (χ0v) is 13.2. The second-order valence-electron chi connectivity index (χ2n) is 4.66. The summed E-state index contributed by atoms with van der Waals surface area (Å²) in [6.07, 6.45) is -4.73. The molecule has 0 heterocycles. The third-order valence-corrected chi connectivity index (χ3v) is 2.99. The molecule has 2 N–H and O–H groups in total. The van der Waals surface area contributed by atoms with Crippen LogP contribution in [0.4, 0.5) is 13.2 Å². The molecule has 3 nitrogen and oxygen atoms in total. The Morgan fingerprint density at radius 3 is 2.35 bits per heavy atom. The van der Waals surface area contributed by atoms with Crippen molar-refractivity contribution in [3.63, 3.8) is 0 Å². The van der Waals surface area contributed by atoms with Gasteiger partial charge >= 0.3 is 6.36 Å². The Kier molecular flexibility index (Phi) is 6.72. The molecule has 2 aromatic rings. The average Bonchev–Trinajstić information content (AvgIpc) is 2.44. The van der Waals surface area contributed by atoms with Gasteiger partial charge in [-0.05, 0) is 36.2 Å². The first-order valence-corrected chi connectivity index (χ1v) is 6.69. The van der Waals surface area contributed by atoms with Crippen LogP contribution < -0.4 is 15.2 Å². The molecule has 2 aromatic carbocycles. The predicted octanol–water partition coefficient (Wildman–Crippen LogP) is 4.32. The number of benzene rings is 2. The van der Waals surface area contributed by atoms with Crippen LogP contribution in [0.2, 0.25) is 0 Å². The lowest BCUT2D eigenvalue weighted by Crippen LogP contribution is -2.17. The minimum Gasteiger partial charge on any atom is -0.492 e. The van der Waals surface area contributed by atoms with Crippen LogP contribution in [0, 0.1) is 6.92 Å². The quantitative estimate of drug-likeness (QED) is 0.876. The van der Waals surface area contributed by atoms with Crippen molar-refractivity contribution in [3.8, 4) is 22.6 Å². The molecule has 2 rings (SSSR count). The van der Waals surface area contributed by atoms with Crippen LogP contribution in [0.5, 0.6) is 11.5 Å². The van der Waals surface area contributed by atoms with Crippen molar-refractivity contribution in [1.29, 1.82) is 0 Å². The maximum Gasteiger partial charge on any atom is 0.573 e. The van der Waals surface area contributed by atoms with E-state index in [-0.39, 0.29) is 18.2 Å². The number of halogens is 4. The van der Waals surface area contributed by atoms with E-state index in [9.17, 15) is 13.2 Å². The Balaban J connectivity index is 0.00000264. The number of hydrogen-bond donors (Lipinski definition) is 1. The summed E-state index contributed by atoms with van der Waals surface area (Å²) in [6.45, 7) is 2.57. The van der Waals surface area contributed by atoms with E-state index < -0.39 is 6.36 Å². The van der Waals surface area contributed by atoms with Crippen LogP contribution in [0.25, 0.3) is 11.1 Å². The van der Waals surface area contributed by atoms with Gasteiger partial charge in [0.1, 0.15) is 18.1 Å². The third kappa shape index (κ3) is 5.33. The fourth-order valence-corrected chi connectivity index (χ4v) is 2.11. The first-order valence-electron chi connectivity index (χ1n) is 6.69. The van der Waals surface area contributed by atoms with Crippen LogP contribution in [-0.2, 0) is 0 Å². The molecule has 0 bridgehead atoms. The molecular formula is C16H17ClF3NO2. The average molecular weight is 348 g/mol. The van der Waals surface area contributed by atoms with Crippen LogP contribution >= 0.6 is 12.4 Å². The van der Waals surface area contributed by atoms with Gasteiger partial charge in [-0.25, -0.2) is 0 Å². The Morgan fingerprint density at radius 2 is 1.74 bits per heavy atom. The molecule has 0 unspecified atom stereocenters. The zero-order chi connectivity index (χ0) is 16.2. The summed E-state index contributed by atoms with van der Waals surface area (Å²) in [7, 11) is 0. The van der Waals surface area contributed by atoms with Crippen molar-refractivity contribution < 1.29 is 22.6 Å². The summed E-state index contributed by atoms with van der Waals surface area (Å²) >= 11 is 0. The van der Waals surface area contributed by atoms with E-state index in [1.54, 1.807) is 37.3 Å².